The molecule has 0 saturated carbocycles. The number of nitrogens with zero attached hydrogens (tertiary/aromatic N) is 5. The Bertz CT molecular complexity index is 993. The number of aromatic nitrogens is 3. The molecule has 0 N–H and O–H groups in total. The lowest BCUT2D eigenvalue weighted by molar-refractivity contribution is 0.0751. The summed E-state index contributed by atoms with van der Waals surface area (Å²) in [5.74, 6) is 1.03. The van der Waals surface area contributed by atoms with E-state index in [0.717, 1.165) is 31.9 Å². The lowest BCUT2D eigenvalue weighted by Gasteiger charge is -2.42. The molecule has 1 saturated heterocycles. The molecule has 28 heavy (non-hydrogen) atoms. The van der Waals surface area contributed by atoms with Crippen molar-refractivity contribution < 1.29 is 4.79 Å². The Hall–Kier alpha value is -2.99. The number of anilines is 1. The smallest absolute Gasteiger partial charge is 0.258 e. The van der Waals surface area contributed by atoms with Crippen molar-refractivity contribution in [2.24, 2.45) is 13.0 Å². The number of fused-ring (bicyclic) bond motifs is 1. The SMILES string of the molecule is Cn1cc(CN2CC([C@H]3CN(C(=O)c4ccncc4)c4ccccc43)C2)cn1. The minimum atomic E-state index is 0.0592. The molecule has 5 rings (SSSR count). The van der Waals surface area contributed by atoms with Crippen molar-refractivity contribution in [1.29, 1.82) is 0 Å². The van der Waals surface area contributed by atoms with Gasteiger partial charge in [-0.1, -0.05) is 18.2 Å². The Morgan fingerprint density at radius 2 is 1.89 bits per heavy atom. The Morgan fingerprint density at radius 3 is 2.64 bits per heavy atom. The first kappa shape index (κ1) is 17.1. The number of hydrogen-bond donors (Lipinski definition) is 0. The molecule has 0 bridgehead atoms. The zero-order chi connectivity index (χ0) is 19.1. The Morgan fingerprint density at radius 1 is 1.11 bits per heavy atom. The Balaban J connectivity index is 1.31. The highest BCUT2D eigenvalue weighted by Crippen LogP contribution is 2.43. The van der Waals surface area contributed by atoms with Crippen LogP contribution >= 0.6 is 0 Å². The number of hydrogen-bond acceptors (Lipinski definition) is 4. The maximum atomic E-state index is 13.1. The highest BCUT2D eigenvalue weighted by molar-refractivity contribution is 6.07. The van der Waals surface area contributed by atoms with Crippen molar-refractivity contribution in [3.63, 3.8) is 0 Å². The van der Waals surface area contributed by atoms with E-state index in [0.29, 0.717) is 17.4 Å². The number of amides is 1. The van der Waals surface area contributed by atoms with Gasteiger partial charge in [0.25, 0.3) is 5.91 Å². The van der Waals surface area contributed by atoms with Crippen LogP contribution in [0, 0.1) is 5.92 Å². The summed E-state index contributed by atoms with van der Waals surface area (Å²) in [7, 11) is 1.95. The normalized spacial score (nSPS) is 19.5. The summed E-state index contributed by atoms with van der Waals surface area (Å²) in [6.07, 6.45) is 7.37. The van der Waals surface area contributed by atoms with Crippen LogP contribution in [0.5, 0.6) is 0 Å². The molecule has 3 aromatic rings. The third-order valence-electron chi connectivity index (χ3n) is 5.90. The maximum absolute atomic E-state index is 13.1. The molecule has 1 amide bonds. The zero-order valence-electron chi connectivity index (χ0n) is 15.9. The topological polar surface area (TPSA) is 54.3 Å². The average molecular weight is 373 g/mol. The summed E-state index contributed by atoms with van der Waals surface area (Å²) >= 11 is 0. The van der Waals surface area contributed by atoms with Crippen LogP contribution in [0.3, 0.4) is 0 Å². The summed E-state index contributed by atoms with van der Waals surface area (Å²) in [5, 5.41) is 4.25. The Labute approximate surface area is 164 Å². The first-order chi connectivity index (χ1) is 13.7. The third-order valence-corrected chi connectivity index (χ3v) is 5.90. The summed E-state index contributed by atoms with van der Waals surface area (Å²) in [5.41, 5.74) is 4.30. The summed E-state index contributed by atoms with van der Waals surface area (Å²) in [6.45, 7) is 3.82. The second kappa shape index (κ2) is 6.87. The van der Waals surface area contributed by atoms with Crippen LogP contribution in [-0.2, 0) is 13.6 Å². The van der Waals surface area contributed by atoms with Crippen LogP contribution in [-0.4, -0.2) is 45.2 Å². The fourth-order valence-electron chi connectivity index (χ4n) is 4.49. The lowest BCUT2D eigenvalue weighted by Crippen LogP contribution is -2.49. The van der Waals surface area contributed by atoms with Crippen molar-refractivity contribution in [3.05, 3.63) is 77.9 Å². The number of carbonyl (C=O) groups is 1. The number of carbonyl (C=O) groups excluding carboxylic acids is 1. The van der Waals surface area contributed by atoms with E-state index >= 15 is 0 Å². The molecule has 1 aromatic carbocycles. The molecular formula is C22H23N5O. The van der Waals surface area contributed by atoms with E-state index in [2.05, 4.69) is 39.4 Å². The molecule has 142 valence electrons. The van der Waals surface area contributed by atoms with Crippen molar-refractivity contribution in [1.82, 2.24) is 19.7 Å². The van der Waals surface area contributed by atoms with Gasteiger partial charge in [0.2, 0.25) is 0 Å². The minimum absolute atomic E-state index is 0.0592. The molecule has 1 atom stereocenters. The summed E-state index contributed by atoms with van der Waals surface area (Å²) in [4.78, 5) is 21.5. The van der Waals surface area contributed by atoms with Crippen molar-refractivity contribution in [3.8, 4) is 0 Å². The van der Waals surface area contributed by atoms with Gasteiger partial charge in [-0.25, -0.2) is 0 Å². The molecule has 0 aliphatic carbocycles. The molecule has 0 unspecified atom stereocenters. The lowest BCUT2D eigenvalue weighted by atomic mass is 9.82. The van der Waals surface area contributed by atoms with Gasteiger partial charge in [-0.05, 0) is 29.7 Å². The zero-order valence-corrected chi connectivity index (χ0v) is 15.9. The second-order valence-corrected chi connectivity index (χ2v) is 7.79. The van der Waals surface area contributed by atoms with Crippen LogP contribution in [0.4, 0.5) is 5.69 Å². The van der Waals surface area contributed by atoms with E-state index in [9.17, 15) is 4.79 Å². The first-order valence-corrected chi connectivity index (χ1v) is 9.70. The fourth-order valence-corrected chi connectivity index (χ4v) is 4.49. The van der Waals surface area contributed by atoms with Gasteiger partial charge in [-0.2, -0.15) is 5.10 Å². The van der Waals surface area contributed by atoms with Crippen molar-refractivity contribution >= 4 is 11.6 Å². The molecule has 1 fully saturated rings. The van der Waals surface area contributed by atoms with Crippen LogP contribution in [0.15, 0.2) is 61.2 Å². The maximum Gasteiger partial charge on any atom is 0.258 e. The number of pyridine rings is 1. The highest BCUT2D eigenvalue weighted by atomic mass is 16.2. The summed E-state index contributed by atoms with van der Waals surface area (Å²) in [6, 6.07) is 11.9. The number of likely N-dealkylation sites (tertiary alicyclic amines) is 1. The molecule has 2 aromatic heterocycles. The predicted molar refractivity (Wildman–Crippen MR) is 107 cm³/mol. The minimum Gasteiger partial charge on any atom is -0.307 e. The molecule has 0 spiro atoms. The first-order valence-electron chi connectivity index (χ1n) is 9.70. The van der Waals surface area contributed by atoms with Gasteiger partial charge in [0, 0.05) is 74.5 Å². The molecule has 2 aliphatic heterocycles. The number of para-hydroxylation sites is 1. The summed E-state index contributed by atoms with van der Waals surface area (Å²) < 4.78 is 1.85. The van der Waals surface area contributed by atoms with Gasteiger partial charge in [-0.3, -0.25) is 19.4 Å². The van der Waals surface area contributed by atoms with E-state index in [1.807, 2.05) is 28.9 Å². The fraction of sp³-hybridized carbons (Fsp3) is 0.318. The van der Waals surface area contributed by atoms with Crippen LogP contribution in [0.25, 0.3) is 0 Å². The van der Waals surface area contributed by atoms with E-state index < -0.39 is 0 Å². The number of benzene rings is 1. The molecule has 6 nitrogen and oxygen atoms in total. The standard InChI is InChI=1S/C22H23N5O/c1-25-11-16(10-24-25)12-26-13-18(14-26)20-15-27(21-5-3-2-4-19(20)21)22(28)17-6-8-23-9-7-17/h2-11,18,20H,12-15H2,1H3/t20-/m1/s1. The van der Waals surface area contributed by atoms with Gasteiger partial charge >= 0.3 is 0 Å². The molecular weight excluding hydrogens is 350 g/mol. The van der Waals surface area contributed by atoms with Crippen molar-refractivity contribution in [2.45, 2.75) is 12.5 Å². The van der Waals surface area contributed by atoms with Crippen LogP contribution < -0.4 is 4.90 Å². The van der Waals surface area contributed by atoms with Gasteiger partial charge in [-0.15, -0.1) is 0 Å². The number of aryl methyl sites for hydroxylation is 1. The highest BCUT2D eigenvalue weighted by Gasteiger charge is 2.41. The quantitative estimate of drug-likeness (QED) is 0.706. The third kappa shape index (κ3) is 2.99. The van der Waals surface area contributed by atoms with E-state index in [1.54, 1.807) is 24.5 Å². The van der Waals surface area contributed by atoms with Crippen LogP contribution in [0.2, 0.25) is 0 Å². The van der Waals surface area contributed by atoms with Gasteiger partial charge in [0.1, 0.15) is 0 Å². The second-order valence-electron chi connectivity index (χ2n) is 7.79. The molecule has 6 heteroatoms. The van der Waals surface area contributed by atoms with Crippen LogP contribution in [0.1, 0.15) is 27.4 Å². The van der Waals surface area contributed by atoms with Crippen molar-refractivity contribution in [2.75, 3.05) is 24.5 Å². The van der Waals surface area contributed by atoms with E-state index in [4.69, 9.17) is 0 Å². The van der Waals surface area contributed by atoms with E-state index in [1.165, 1.54) is 11.1 Å². The predicted octanol–water partition coefficient (Wildman–Crippen LogP) is 2.69. The largest absolute Gasteiger partial charge is 0.307 e. The molecule has 4 heterocycles. The monoisotopic (exact) mass is 373 g/mol. The van der Waals surface area contributed by atoms with Gasteiger partial charge in [0.15, 0.2) is 0 Å². The number of rotatable bonds is 4. The van der Waals surface area contributed by atoms with Gasteiger partial charge < -0.3 is 4.90 Å². The van der Waals surface area contributed by atoms with Gasteiger partial charge in [0.05, 0.1) is 6.20 Å². The molecule has 0 radical (unpaired) electrons. The molecule has 2 aliphatic rings. The van der Waals surface area contributed by atoms with E-state index in [-0.39, 0.29) is 5.91 Å². The Kier molecular flexibility index (Phi) is 4.20. The average Bonchev–Trinajstić information content (AvgIpc) is 3.28.